The van der Waals surface area contributed by atoms with Crippen molar-refractivity contribution >= 4 is 29.4 Å². The molecule has 2 aromatic rings. The molecule has 0 atom stereocenters. The number of aromatic nitrogens is 3. The van der Waals surface area contributed by atoms with E-state index in [1.807, 2.05) is 6.07 Å². The molecule has 2 aromatic heterocycles. The zero-order valence-corrected chi connectivity index (χ0v) is 16.8. The lowest BCUT2D eigenvalue weighted by Crippen LogP contribution is -2.37. The van der Waals surface area contributed by atoms with Gasteiger partial charge in [0.05, 0.1) is 25.2 Å². The molecule has 0 bridgehead atoms. The molecule has 3 heterocycles. The highest BCUT2D eigenvalue weighted by Gasteiger charge is 2.23. The Kier molecular flexibility index (Phi) is 5.92. The molecule has 0 unspecified atom stereocenters. The summed E-state index contributed by atoms with van der Waals surface area (Å²) in [7, 11) is 0. The first-order valence-corrected chi connectivity index (χ1v) is 11.0. The fraction of sp³-hybridized carbons (Fsp3) is 0.474. The molecular formula is C19H25N6O2S+. The van der Waals surface area contributed by atoms with Crippen LogP contribution in [-0.4, -0.2) is 59.6 Å². The maximum Gasteiger partial charge on any atom is 0.320 e. The average Bonchev–Trinajstić information content (AvgIpc) is 3.53. The maximum atomic E-state index is 11.9. The van der Waals surface area contributed by atoms with E-state index in [1.165, 1.54) is 11.8 Å². The Morgan fingerprint density at radius 1 is 1.29 bits per heavy atom. The SMILES string of the molecule is C[SH+]Cc1cc(N2CCOCC2)nc(-c2ccc(NC(=O)NC3CC3)nc2)n1. The van der Waals surface area contributed by atoms with Crippen LogP contribution in [0.15, 0.2) is 24.4 Å². The van der Waals surface area contributed by atoms with E-state index in [4.69, 9.17) is 14.7 Å². The number of nitrogens with one attached hydrogen (secondary N) is 2. The van der Waals surface area contributed by atoms with Gasteiger partial charge in [-0.25, -0.2) is 19.7 Å². The molecular weight excluding hydrogens is 376 g/mol. The lowest BCUT2D eigenvalue weighted by Gasteiger charge is -2.28. The van der Waals surface area contributed by atoms with Crippen LogP contribution in [0, 0.1) is 0 Å². The number of hydrogen-bond donors (Lipinski definition) is 2. The van der Waals surface area contributed by atoms with Gasteiger partial charge >= 0.3 is 6.03 Å². The van der Waals surface area contributed by atoms with Gasteiger partial charge in [0, 0.05) is 37.0 Å². The molecule has 2 N–H and O–H groups in total. The number of hydrogen-bond acceptors (Lipinski definition) is 6. The Morgan fingerprint density at radius 3 is 2.79 bits per heavy atom. The van der Waals surface area contributed by atoms with E-state index in [0.717, 1.165) is 48.8 Å². The first-order valence-electron chi connectivity index (χ1n) is 9.51. The van der Waals surface area contributed by atoms with Gasteiger partial charge in [0.2, 0.25) is 0 Å². The fourth-order valence-electron chi connectivity index (χ4n) is 2.98. The second-order valence-corrected chi connectivity index (χ2v) is 7.87. The molecule has 8 nitrogen and oxygen atoms in total. The number of pyridine rings is 1. The number of morpholine rings is 1. The molecule has 2 aliphatic rings. The average molecular weight is 402 g/mol. The zero-order chi connectivity index (χ0) is 19.3. The highest BCUT2D eigenvalue weighted by Crippen LogP contribution is 2.22. The van der Waals surface area contributed by atoms with Gasteiger partial charge < -0.3 is 15.0 Å². The van der Waals surface area contributed by atoms with Crippen molar-refractivity contribution in [1.82, 2.24) is 20.3 Å². The number of amides is 2. The number of ether oxygens (including phenoxy) is 1. The van der Waals surface area contributed by atoms with E-state index in [2.05, 4.69) is 32.8 Å². The minimum Gasteiger partial charge on any atom is -0.378 e. The Morgan fingerprint density at radius 2 is 2.11 bits per heavy atom. The first-order chi connectivity index (χ1) is 13.7. The Labute approximate surface area is 168 Å². The quantitative estimate of drug-likeness (QED) is 0.564. The lowest BCUT2D eigenvalue weighted by molar-refractivity contribution is 0.122. The number of anilines is 2. The van der Waals surface area contributed by atoms with E-state index in [-0.39, 0.29) is 6.03 Å². The lowest BCUT2D eigenvalue weighted by atomic mass is 10.2. The highest BCUT2D eigenvalue weighted by atomic mass is 32.2. The van der Waals surface area contributed by atoms with E-state index < -0.39 is 0 Å². The van der Waals surface area contributed by atoms with Gasteiger partial charge in [-0.1, -0.05) is 0 Å². The third kappa shape index (κ3) is 4.90. The molecule has 0 aromatic carbocycles. The largest absolute Gasteiger partial charge is 0.378 e. The van der Waals surface area contributed by atoms with Crippen LogP contribution in [0.1, 0.15) is 18.5 Å². The predicted octanol–water partition coefficient (Wildman–Crippen LogP) is 1.60. The van der Waals surface area contributed by atoms with Crippen molar-refractivity contribution in [2.45, 2.75) is 24.6 Å². The van der Waals surface area contributed by atoms with Crippen molar-refractivity contribution < 1.29 is 9.53 Å². The van der Waals surface area contributed by atoms with E-state index in [9.17, 15) is 4.79 Å². The van der Waals surface area contributed by atoms with Gasteiger partial charge in [-0.05, 0) is 36.7 Å². The summed E-state index contributed by atoms with van der Waals surface area (Å²) in [5.74, 6) is 2.97. The third-order valence-corrected chi connectivity index (χ3v) is 5.24. The van der Waals surface area contributed by atoms with Crippen LogP contribution in [-0.2, 0) is 22.3 Å². The summed E-state index contributed by atoms with van der Waals surface area (Å²) >= 11 is 1.26. The number of carbonyl (C=O) groups is 1. The van der Waals surface area contributed by atoms with Crippen LogP contribution >= 0.6 is 0 Å². The van der Waals surface area contributed by atoms with Crippen LogP contribution in [0.4, 0.5) is 16.4 Å². The smallest absolute Gasteiger partial charge is 0.320 e. The molecule has 28 heavy (non-hydrogen) atoms. The number of nitrogens with zero attached hydrogens (tertiary/aromatic N) is 4. The van der Waals surface area contributed by atoms with Crippen LogP contribution in [0.5, 0.6) is 0 Å². The minimum absolute atomic E-state index is 0.211. The molecule has 0 radical (unpaired) electrons. The molecule has 4 rings (SSSR count). The molecule has 0 spiro atoms. The molecule has 1 aliphatic heterocycles. The number of carbonyl (C=O) groups excluding carboxylic acids is 1. The minimum atomic E-state index is -0.211. The van der Waals surface area contributed by atoms with Crippen LogP contribution in [0.25, 0.3) is 11.4 Å². The standard InChI is InChI=1S/C19H24N6O2S/c1-28-12-15-10-17(25-6-8-27-9-7-25)24-18(21-15)13-2-5-16(20-11-13)23-19(26)22-14-3-4-14/h2,5,10-11,14H,3-4,6-9,12H2,1H3,(H2,20,22,23,26)/p+1. The van der Waals surface area contributed by atoms with E-state index in [0.29, 0.717) is 30.9 Å². The summed E-state index contributed by atoms with van der Waals surface area (Å²) in [5.41, 5.74) is 1.85. The predicted molar refractivity (Wildman–Crippen MR) is 112 cm³/mol. The normalized spacial score (nSPS) is 16.7. The van der Waals surface area contributed by atoms with Gasteiger partial charge in [0.15, 0.2) is 5.82 Å². The Balaban J connectivity index is 1.52. The van der Waals surface area contributed by atoms with Gasteiger partial charge in [0.25, 0.3) is 0 Å². The molecule has 148 valence electrons. The topological polar surface area (TPSA) is 92.3 Å². The van der Waals surface area contributed by atoms with Crippen molar-refractivity contribution in [2.24, 2.45) is 0 Å². The van der Waals surface area contributed by atoms with Gasteiger partial charge in [0.1, 0.15) is 17.4 Å². The van der Waals surface area contributed by atoms with E-state index >= 15 is 0 Å². The highest BCUT2D eigenvalue weighted by molar-refractivity contribution is 7.76. The summed E-state index contributed by atoms with van der Waals surface area (Å²) in [6, 6.07) is 5.84. The second kappa shape index (κ2) is 8.74. The van der Waals surface area contributed by atoms with Crippen LogP contribution in [0.2, 0.25) is 0 Å². The molecule has 1 aliphatic carbocycles. The van der Waals surface area contributed by atoms with Crippen molar-refractivity contribution in [3.05, 3.63) is 30.1 Å². The van der Waals surface area contributed by atoms with Crippen molar-refractivity contribution in [1.29, 1.82) is 0 Å². The summed E-state index contributed by atoms with van der Waals surface area (Å²) in [6.07, 6.45) is 5.93. The maximum absolute atomic E-state index is 11.9. The van der Waals surface area contributed by atoms with Crippen LogP contribution < -0.4 is 15.5 Å². The molecule has 2 amide bonds. The number of urea groups is 1. The van der Waals surface area contributed by atoms with Crippen molar-refractivity contribution in [3.63, 3.8) is 0 Å². The summed E-state index contributed by atoms with van der Waals surface area (Å²) in [4.78, 5) is 27.9. The summed E-state index contributed by atoms with van der Waals surface area (Å²) in [5, 5.41) is 5.64. The molecule has 9 heteroatoms. The fourth-order valence-corrected chi connectivity index (χ4v) is 3.46. The van der Waals surface area contributed by atoms with Gasteiger partial charge in [-0.3, -0.25) is 5.32 Å². The second-order valence-electron chi connectivity index (χ2n) is 6.92. The van der Waals surface area contributed by atoms with Crippen LogP contribution in [0.3, 0.4) is 0 Å². The third-order valence-electron chi connectivity index (χ3n) is 4.60. The van der Waals surface area contributed by atoms with Crippen molar-refractivity contribution in [3.8, 4) is 11.4 Å². The first kappa shape index (κ1) is 18.9. The number of thiol groups is 1. The Bertz CT molecular complexity index is 822. The summed E-state index contributed by atoms with van der Waals surface area (Å²) in [6.45, 7) is 3.09. The molecule has 1 saturated carbocycles. The van der Waals surface area contributed by atoms with Gasteiger partial charge in [-0.15, -0.1) is 0 Å². The Hall–Kier alpha value is -2.39. The van der Waals surface area contributed by atoms with E-state index in [1.54, 1.807) is 12.3 Å². The molecule has 2 fully saturated rings. The zero-order valence-electron chi connectivity index (χ0n) is 15.9. The monoisotopic (exact) mass is 401 g/mol. The van der Waals surface area contributed by atoms with Crippen molar-refractivity contribution in [2.75, 3.05) is 42.8 Å². The van der Waals surface area contributed by atoms with Gasteiger partial charge in [-0.2, -0.15) is 0 Å². The molecule has 1 saturated heterocycles. The number of rotatable bonds is 6. The summed E-state index contributed by atoms with van der Waals surface area (Å²) < 4.78 is 5.45.